The van der Waals surface area contributed by atoms with E-state index in [1.165, 1.54) is 5.56 Å². The highest BCUT2D eigenvalue weighted by Gasteiger charge is 2.51. The van der Waals surface area contributed by atoms with E-state index >= 15 is 0 Å². The van der Waals surface area contributed by atoms with Crippen LogP contribution in [0.15, 0.2) is 83.4 Å². The van der Waals surface area contributed by atoms with Gasteiger partial charge in [-0.05, 0) is 68.2 Å². The van der Waals surface area contributed by atoms with Gasteiger partial charge in [-0.3, -0.25) is 4.79 Å². The maximum absolute atomic E-state index is 11.6. The van der Waals surface area contributed by atoms with Crippen molar-refractivity contribution in [2.24, 2.45) is 0 Å². The smallest absolute Gasteiger partial charge is 0.314 e. The molecule has 0 saturated heterocycles. The number of carbonyl (C=O) groups is 1. The van der Waals surface area contributed by atoms with Gasteiger partial charge in [0.1, 0.15) is 0 Å². The van der Waals surface area contributed by atoms with Gasteiger partial charge in [0.15, 0.2) is 5.76 Å². The molecule has 1 fully saturated rings. The molecule has 1 heterocycles. The number of rotatable bonds is 9. The number of aliphatic carboxylic acids is 1. The summed E-state index contributed by atoms with van der Waals surface area (Å²) in [4.78, 5) is 11.6. The minimum atomic E-state index is -1.06. The molecule has 0 bridgehead atoms. The van der Waals surface area contributed by atoms with Crippen LogP contribution in [0.3, 0.4) is 0 Å². The Kier molecular flexibility index (Phi) is 6.27. The van der Waals surface area contributed by atoms with Gasteiger partial charge in [0.25, 0.3) is 0 Å². The number of hydrogen-bond acceptors (Lipinski definition) is 4. The summed E-state index contributed by atoms with van der Waals surface area (Å²) in [7, 11) is 0. The zero-order chi connectivity index (χ0) is 25.3. The fraction of sp³-hybridized carbons (Fsp3) is 0.290. The van der Waals surface area contributed by atoms with Crippen LogP contribution in [0.25, 0.3) is 22.5 Å². The average molecular weight is 482 g/mol. The predicted molar refractivity (Wildman–Crippen MR) is 140 cm³/mol. The topological polar surface area (TPSA) is 83.6 Å². The second-order valence-corrected chi connectivity index (χ2v) is 10.1. The standard InChI is InChI=1S/C31H31NO4/c1-21-27(30(2,35)18-6-9-22-7-4-3-5-8-22)28(36-32-21)25-12-10-23(11-13-25)24-14-16-26(17-15-24)31(19-20-31)29(33)34/h3-5,7-8,10-17,35H,6,9,18-20H2,1-2H3,(H,33,34). The Morgan fingerprint density at radius 1 is 0.944 bits per heavy atom. The normalized spacial score (nSPS) is 15.9. The molecule has 0 radical (unpaired) electrons. The summed E-state index contributed by atoms with van der Waals surface area (Å²) in [5.41, 5.74) is 4.70. The molecule has 36 heavy (non-hydrogen) atoms. The van der Waals surface area contributed by atoms with Crippen LogP contribution < -0.4 is 0 Å². The van der Waals surface area contributed by atoms with E-state index in [2.05, 4.69) is 17.3 Å². The van der Waals surface area contributed by atoms with E-state index in [1.54, 1.807) is 0 Å². The Morgan fingerprint density at radius 2 is 1.53 bits per heavy atom. The lowest BCUT2D eigenvalue weighted by molar-refractivity contribution is -0.140. The SMILES string of the molecule is Cc1noc(-c2ccc(-c3ccc(C4(C(=O)O)CC4)cc3)cc2)c1C(C)(O)CCCc1ccccc1. The van der Waals surface area contributed by atoms with Crippen molar-refractivity contribution >= 4 is 5.97 Å². The van der Waals surface area contributed by atoms with Crippen molar-refractivity contribution in [3.8, 4) is 22.5 Å². The maximum atomic E-state index is 11.6. The molecule has 1 unspecified atom stereocenters. The quantitative estimate of drug-likeness (QED) is 0.279. The first-order valence-corrected chi connectivity index (χ1v) is 12.5. The van der Waals surface area contributed by atoms with Gasteiger partial charge < -0.3 is 14.7 Å². The Hall–Kier alpha value is -3.70. The lowest BCUT2D eigenvalue weighted by Gasteiger charge is -2.24. The van der Waals surface area contributed by atoms with Crippen molar-refractivity contribution in [3.63, 3.8) is 0 Å². The Balaban J connectivity index is 1.33. The van der Waals surface area contributed by atoms with Crippen molar-refractivity contribution in [2.75, 3.05) is 0 Å². The minimum absolute atomic E-state index is 0.594. The van der Waals surface area contributed by atoms with Crippen molar-refractivity contribution < 1.29 is 19.5 Å². The predicted octanol–water partition coefficient (Wildman–Crippen LogP) is 6.66. The van der Waals surface area contributed by atoms with Gasteiger partial charge in [-0.15, -0.1) is 0 Å². The van der Waals surface area contributed by atoms with Crippen molar-refractivity contribution in [3.05, 3.63) is 101 Å². The van der Waals surface area contributed by atoms with E-state index in [1.807, 2.05) is 80.6 Å². The molecule has 1 atom stereocenters. The van der Waals surface area contributed by atoms with Crippen LogP contribution in [0.1, 0.15) is 55.0 Å². The highest BCUT2D eigenvalue weighted by atomic mass is 16.5. The van der Waals surface area contributed by atoms with E-state index in [-0.39, 0.29) is 0 Å². The van der Waals surface area contributed by atoms with Crippen molar-refractivity contribution in [1.82, 2.24) is 5.16 Å². The number of carboxylic acids is 1. The fourth-order valence-electron chi connectivity index (χ4n) is 5.15. The monoisotopic (exact) mass is 481 g/mol. The largest absolute Gasteiger partial charge is 0.481 e. The summed E-state index contributed by atoms with van der Waals surface area (Å²) in [6.07, 6.45) is 3.74. The molecule has 1 aliphatic rings. The van der Waals surface area contributed by atoms with Crippen LogP contribution in [0.5, 0.6) is 0 Å². The third-order valence-corrected chi connectivity index (χ3v) is 7.45. The minimum Gasteiger partial charge on any atom is -0.481 e. The van der Waals surface area contributed by atoms with E-state index in [9.17, 15) is 15.0 Å². The highest BCUT2D eigenvalue weighted by Crippen LogP contribution is 2.48. The number of hydrogen-bond donors (Lipinski definition) is 2. The van der Waals surface area contributed by atoms with Crippen molar-refractivity contribution in [2.45, 2.75) is 57.0 Å². The Bertz CT molecular complexity index is 1350. The summed E-state index contributed by atoms with van der Waals surface area (Å²) >= 11 is 0. The van der Waals surface area contributed by atoms with Crippen LogP contribution in [0.2, 0.25) is 0 Å². The van der Waals surface area contributed by atoms with E-state index in [0.29, 0.717) is 30.7 Å². The molecule has 0 aliphatic heterocycles. The van der Waals surface area contributed by atoms with E-state index in [4.69, 9.17) is 4.52 Å². The number of benzene rings is 3. The molecule has 4 aromatic rings. The number of carboxylic acid groups (broad SMARTS) is 1. The molecule has 3 aromatic carbocycles. The van der Waals surface area contributed by atoms with Gasteiger partial charge in [-0.1, -0.05) is 84.0 Å². The molecule has 2 N–H and O–H groups in total. The highest BCUT2D eigenvalue weighted by molar-refractivity contribution is 5.85. The molecule has 5 rings (SSSR count). The van der Waals surface area contributed by atoms with E-state index < -0.39 is 17.0 Å². The van der Waals surface area contributed by atoms with Gasteiger partial charge in [0, 0.05) is 5.56 Å². The van der Waals surface area contributed by atoms with Gasteiger partial charge in [-0.2, -0.15) is 0 Å². The zero-order valence-corrected chi connectivity index (χ0v) is 20.7. The zero-order valence-electron chi connectivity index (χ0n) is 20.7. The average Bonchev–Trinajstić information content (AvgIpc) is 3.61. The molecule has 1 aromatic heterocycles. The third kappa shape index (κ3) is 4.59. The van der Waals surface area contributed by atoms with Gasteiger partial charge in [0.05, 0.1) is 22.3 Å². The second kappa shape index (κ2) is 9.40. The van der Waals surface area contributed by atoms with Crippen LogP contribution in [-0.4, -0.2) is 21.3 Å². The molecule has 0 amide bonds. The molecule has 1 saturated carbocycles. The van der Waals surface area contributed by atoms with Gasteiger partial charge in [0.2, 0.25) is 0 Å². The molecular formula is C31H31NO4. The fourth-order valence-corrected chi connectivity index (χ4v) is 5.15. The first kappa shape index (κ1) is 24.0. The lowest BCUT2D eigenvalue weighted by atomic mass is 9.86. The summed E-state index contributed by atoms with van der Waals surface area (Å²) in [5, 5.41) is 25.1. The van der Waals surface area contributed by atoms with Crippen LogP contribution >= 0.6 is 0 Å². The van der Waals surface area contributed by atoms with Crippen LogP contribution in [0, 0.1) is 6.92 Å². The molecule has 0 spiro atoms. The third-order valence-electron chi connectivity index (χ3n) is 7.45. The molecule has 184 valence electrons. The van der Waals surface area contributed by atoms with Crippen LogP contribution in [-0.2, 0) is 22.2 Å². The summed E-state index contributed by atoms with van der Waals surface area (Å²) in [5.74, 6) is -0.148. The number of aliphatic hydroxyl groups is 1. The Morgan fingerprint density at radius 3 is 2.11 bits per heavy atom. The number of aromatic nitrogens is 1. The lowest BCUT2D eigenvalue weighted by Crippen LogP contribution is -2.22. The molecular weight excluding hydrogens is 450 g/mol. The van der Waals surface area contributed by atoms with Gasteiger partial charge >= 0.3 is 5.97 Å². The molecule has 5 nitrogen and oxygen atoms in total. The molecule has 5 heteroatoms. The number of aryl methyl sites for hydroxylation is 2. The molecule has 1 aliphatic carbocycles. The van der Waals surface area contributed by atoms with Crippen molar-refractivity contribution in [1.29, 1.82) is 0 Å². The second-order valence-electron chi connectivity index (χ2n) is 10.1. The summed E-state index contributed by atoms with van der Waals surface area (Å²) in [6, 6.07) is 26.1. The first-order valence-electron chi connectivity index (χ1n) is 12.5. The van der Waals surface area contributed by atoms with Gasteiger partial charge in [-0.25, -0.2) is 0 Å². The summed E-state index contributed by atoms with van der Waals surface area (Å²) < 4.78 is 5.69. The summed E-state index contributed by atoms with van der Waals surface area (Å²) in [6.45, 7) is 3.70. The van der Waals surface area contributed by atoms with E-state index in [0.717, 1.165) is 40.7 Å². The maximum Gasteiger partial charge on any atom is 0.314 e. The first-order chi connectivity index (χ1) is 17.3. The van der Waals surface area contributed by atoms with Crippen LogP contribution in [0.4, 0.5) is 0 Å². The number of nitrogens with zero attached hydrogens (tertiary/aromatic N) is 1. The Labute approximate surface area is 211 Å².